The Morgan fingerprint density at radius 3 is 2.69 bits per heavy atom. The molecule has 0 bridgehead atoms. The molecule has 0 radical (unpaired) electrons. The van der Waals surface area contributed by atoms with E-state index in [9.17, 15) is 4.79 Å². The van der Waals surface area contributed by atoms with Crippen molar-refractivity contribution in [2.75, 3.05) is 61.5 Å². The summed E-state index contributed by atoms with van der Waals surface area (Å²) in [6, 6.07) is 5.54. The van der Waals surface area contributed by atoms with Gasteiger partial charge in [0.1, 0.15) is 11.6 Å². The van der Waals surface area contributed by atoms with Crippen LogP contribution in [0.1, 0.15) is 0 Å². The number of piperazine rings is 1. The van der Waals surface area contributed by atoms with Gasteiger partial charge >= 0.3 is 0 Å². The molecule has 26 heavy (non-hydrogen) atoms. The number of nitrogens with two attached hydrogens (primary N) is 1. The van der Waals surface area contributed by atoms with Crippen LogP contribution in [0.5, 0.6) is 0 Å². The number of nitrogen functional groups attached to an aromatic ring is 1. The van der Waals surface area contributed by atoms with E-state index < -0.39 is 0 Å². The Morgan fingerprint density at radius 1 is 1.12 bits per heavy atom. The van der Waals surface area contributed by atoms with E-state index in [1.54, 1.807) is 12.3 Å². The highest BCUT2D eigenvalue weighted by Crippen LogP contribution is 2.25. The number of amides is 1. The molecule has 0 spiro atoms. The lowest BCUT2D eigenvalue weighted by Gasteiger charge is -2.31. The highest BCUT2D eigenvalue weighted by Gasteiger charge is 2.22. The fraction of sp³-hybridized carbons (Fsp3) is 0.412. The van der Waals surface area contributed by atoms with Gasteiger partial charge < -0.3 is 25.6 Å². The van der Waals surface area contributed by atoms with Gasteiger partial charge in [0.15, 0.2) is 0 Å². The molecule has 1 amide bonds. The van der Waals surface area contributed by atoms with Crippen molar-refractivity contribution in [2.24, 2.45) is 0 Å². The van der Waals surface area contributed by atoms with Gasteiger partial charge in [0, 0.05) is 44.0 Å². The summed E-state index contributed by atoms with van der Waals surface area (Å²) in [5, 5.41) is 2.84. The van der Waals surface area contributed by atoms with E-state index in [0.717, 1.165) is 30.2 Å². The molecule has 2 fully saturated rings. The molecular weight excluding hydrogens is 334 g/mol. The van der Waals surface area contributed by atoms with Gasteiger partial charge in [0.05, 0.1) is 25.5 Å². The van der Waals surface area contributed by atoms with E-state index in [0.29, 0.717) is 44.6 Å². The average molecular weight is 355 g/mol. The maximum atomic E-state index is 11.8. The smallest absolute Gasteiger partial charge is 0.239 e. The number of morpholine rings is 1. The average Bonchev–Trinajstić information content (AvgIpc) is 2.69. The normalized spacial score (nSPS) is 17.9. The molecule has 0 atom stereocenters. The maximum Gasteiger partial charge on any atom is 0.239 e. The number of ether oxygens (including phenoxy) is 1. The van der Waals surface area contributed by atoms with Gasteiger partial charge in [-0.2, -0.15) is 4.98 Å². The first-order valence-corrected chi connectivity index (χ1v) is 8.64. The summed E-state index contributed by atoms with van der Waals surface area (Å²) < 4.78 is 5.43. The SMILES string of the molecule is Nc1ccc(-c2cc(N3CCNC(=O)C3)nc(N3CCOCC3)n2)cn1. The lowest BCUT2D eigenvalue weighted by molar-refractivity contribution is -0.120. The van der Waals surface area contributed by atoms with Crippen molar-refractivity contribution in [2.45, 2.75) is 0 Å². The van der Waals surface area contributed by atoms with E-state index in [2.05, 4.69) is 15.2 Å². The molecule has 2 aliphatic heterocycles. The third kappa shape index (κ3) is 3.52. The quantitative estimate of drug-likeness (QED) is 0.785. The van der Waals surface area contributed by atoms with E-state index in [1.165, 1.54) is 0 Å². The summed E-state index contributed by atoms with van der Waals surface area (Å²) in [6.07, 6.45) is 1.70. The van der Waals surface area contributed by atoms with E-state index in [4.69, 9.17) is 20.4 Å². The highest BCUT2D eigenvalue weighted by atomic mass is 16.5. The third-order valence-electron chi connectivity index (χ3n) is 4.44. The van der Waals surface area contributed by atoms with Crippen molar-refractivity contribution in [1.82, 2.24) is 20.3 Å². The monoisotopic (exact) mass is 355 g/mol. The lowest BCUT2D eigenvalue weighted by Crippen LogP contribution is -2.48. The number of nitrogens with one attached hydrogen (secondary N) is 1. The molecule has 2 aliphatic rings. The first kappa shape index (κ1) is 16.5. The summed E-state index contributed by atoms with van der Waals surface area (Å²) in [5.41, 5.74) is 7.31. The molecule has 2 aromatic rings. The minimum absolute atomic E-state index is 0.00140. The lowest BCUT2D eigenvalue weighted by atomic mass is 10.2. The number of pyridine rings is 1. The van der Waals surface area contributed by atoms with Gasteiger partial charge in [-0.1, -0.05) is 0 Å². The Morgan fingerprint density at radius 2 is 1.96 bits per heavy atom. The third-order valence-corrected chi connectivity index (χ3v) is 4.44. The predicted molar refractivity (Wildman–Crippen MR) is 97.9 cm³/mol. The number of hydrogen-bond donors (Lipinski definition) is 2. The fourth-order valence-corrected chi connectivity index (χ4v) is 3.03. The Hall–Kier alpha value is -2.94. The van der Waals surface area contributed by atoms with Crippen molar-refractivity contribution >= 4 is 23.5 Å². The molecule has 0 aromatic carbocycles. The molecule has 4 heterocycles. The van der Waals surface area contributed by atoms with Gasteiger partial charge in [0.25, 0.3) is 0 Å². The molecule has 0 saturated carbocycles. The summed E-state index contributed by atoms with van der Waals surface area (Å²) in [6.45, 7) is 4.39. The van der Waals surface area contributed by atoms with Crippen molar-refractivity contribution in [3.8, 4) is 11.3 Å². The van der Waals surface area contributed by atoms with Crippen molar-refractivity contribution in [3.63, 3.8) is 0 Å². The minimum Gasteiger partial charge on any atom is -0.384 e. The fourth-order valence-electron chi connectivity index (χ4n) is 3.03. The van der Waals surface area contributed by atoms with E-state index in [1.807, 2.05) is 17.0 Å². The Kier molecular flexibility index (Phi) is 4.53. The second-order valence-electron chi connectivity index (χ2n) is 6.25. The van der Waals surface area contributed by atoms with Crippen LogP contribution >= 0.6 is 0 Å². The minimum atomic E-state index is -0.00140. The largest absolute Gasteiger partial charge is 0.384 e. The van der Waals surface area contributed by atoms with Gasteiger partial charge in [0.2, 0.25) is 11.9 Å². The number of anilines is 3. The molecule has 4 rings (SSSR count). The number of hydrogen-bond acceptors (Lipinski definition) is 8. The first-order chi connectivity index (χ1) is 12.7. The summed E-state index contributed by atoms with van der Waals surface area (Å²) in [5.74, 6) is 1.84. The van der Waals surface area contributed by atoms with E-state index in [-0.39, 0.29) is 5.91 Å². The molecule has 9 heteroatoms. The van der Waals surface area contributed by atoms with Crippen molar-refractivity contribution in [3.05, 3.63) is 24.4 Å². The predicted octanol–water partition coefficient (Wildman–Crippen LogP) is -0.106. The second kappa shape index (κ2) is 7.12. The van der Waals surface area contributed by atoms with Crippen LogP contribution in [0, 0.1) is 0 Å². The van der Waals surface area contributed by atoms with Crippen LogP contribution in [0.15, 0.2) is 24.4 Å². The van der Waals surface area contributed by atoms with Gasteiger partial charge in [-0.05, 0) is 12.1 Å². The molecule has 2 aromatic heterocycles. The van der Waals surface area contributed by atoms with Crippen LogP contribution in [0.4, 0.5) is 17.6 Å². The van der Waals surface area contributed by atoms with Crippen LogP contribution in [-0.2, 0) is 9.53 Å². The van der Waals surface area contributed by atoms with Crippen LogP contribution in [0.3, 0.4) is 0 Å². The molecule has 2 saturated heterocycles. The number of nitrogens with zero attached hydrogens (tertiary/aromatic N) is 5. The zero-order valence-corrected chi connectivity index (χ0v) is 14.4. The number of carbonyl (C=O) groups excluding carboxylic acids is 1. The molecule has 136 valence electrons. The Balaban J connectivity index is 1.73. The summed E-state index contributed by atoms with van der Waals surface area (Å²) in [4.78, 5) is 29.5. The zero-order chi connectivity index (χ0) is 17.9. The topological polar surface area (TPSA) is 110 Å². The summed E-state index contributed by atoms with van der Waals surface area (Å²) >= 11 is 0. The van der Waals surface area contributed by atoms with Crippen LogP contribution in [0.25, 0.3) is 11.3 Å². The highest BCUT2D eigenvalue weighted by molar-refractivity contribution is 5.82. The van der Waals surface area contributed by atoms with Gasteiger partial charge in [-0.3, -0.25) is 4.79 Å². The molecule has 3 N–H and O–H groups in total. The standard InChI is InChI=1S/C17H21N7O2/c18-14-2-1-12(10-20-14)13-9-15(24-4-3-19-16(25)11-24)22-17(21-13)23-5-7-26-8-6-23/h1-2,9-10H,3-8,11H2,(H2,18,20)(H,19,25). The molecule has 9 nitrogen and oxygen atoms in total. The Bertz CT molecular complexity index is 790. The number of rotatable bonds is 3. The maximum absolute atomic E-state index is 11.8. The molecular formula is C17H21N7O2. The first-order valence-electron chi connectivity index (χ1n) is 8.64. The number of carbonyl (C=O) groups is 1. The van der Waals surface area contributed by atoms with Crippen molar-refractivity contribution in [1.29, 1.82) is 0 Å². The van der Waals surface area contributed by atoms with Gasteiger partial charge in [-0.25, -0.2) is 9.97 Å². The molecule has 0 aliphatic carbocycles. The van der Waals surface area contributed by atoms with Crippen molar-refractivity contribution < 1.29 is 9.53 Å². The van der Waals surface area contributed by atoms with Gasteiger partial charge in [-0.15, -0.1) is 0 Å². The van der Waals surface area contributed by atoms with E-state index >= 15 is 0 Å². The zero-order valence-electron chi connectivity index (χ0n) is 14.4. The van der Waals surface area contributed by atoms with Crippen LogP contribution < -0.4 is 20.9 Å². The molecule has 0 unspecified atom stereocenters. The van der Waals surface area contributed by atoms with Crippen LogP contribution in [-0.4, -0.2) is 66.8 Å². The second-order valence-corrected chi connectivity index (χ2v) is 6.25. The summed E-state index contributed by atoms with van der Waals surface area (Å²) in [7, 11) is 0. The number of aromatic nitrogens is 3. The van der Waals surface area contributed by atoms with Crippen LogP contribution in [0.2, 0.25) is 0 Å². The Labute approximate surface area is 151 Å².